The zero-order valence-electron chi connectivity index (χ0n) is 13.6. The first-order valence-corrected chi connectivity index (χ1v) is 8.21. The van der Waals surface area contributed by atoms with Crippen molar-refractivity contribution < 1.29 is 5.11 Å². The molecule has 0 aromatic heterocycles. The third kappa shape index (κ3) is 4.09. The molecule has 1 aromatic carbocycles. The Labute approximate surface area is 124 Å². The highest BCUT2D eigenvalue weighted by Crippen LogP contribution is 2.30. The van der Waals surface area contributed by atoms with Gasteiger partial charge >= 0.3 is 0 Å². The van der Waals surface area contributed by atoms with Gasteiger partial charge in [0.05, 0.1) is 5.60 Å². The van der Waals surface area contributed by atoms with Crippen LogP contribution in [0.5, 0.6) is 0 Å². The summed E-state index contributed by atoms with van der Waals surface area (Å²) in [5.74, 6) is 1.07. The van der Waals surface area contributed by atoms with E-state index < -0.39 is 5.60 Å². The van der Waals surface area contributed by atoms with E-state index in [2.05, 4.69) is 45.9 Å². The zero-order chi connectivity index (χ0) is 14.8. The summed E-state index contributed by atoms with van der Waals surface area (Å²) < 4.78 is 0. The fourth-order valence-electron chi connectivity index (χ4n) is 3.86. The highest BCUT2D eigenvalue weighted by molar-refractivity contribution is 5.35. The van der Waals surface area contributed by atoms with Crippen molar-refractivity contribution in [2.75, 3.05) is 0 Å². The lowest BCUT2D eigenvalue weighted by Gasteiger charge is -2.32. The number of benzene rings is 1. The average Bonchev–Trinajstić information content (AvgIpc) is 2.72. The Morgan fingerprint density at radius 3 is 2.20 bits per heavy atom. The quantitative estimate of drug-likeness (QED) is 0.807. The molecule has 0 unspecified atom stereocenters. The number of rotatable bonds is 6. The Morgan fingerprint density at radius 1 is 1.00 bits per heavy atom. The van der Waals surface area contributed by atoms with Gasteiger partial charge in [-0.25, -0.2) is 0 Å². The molecule has 112 valence electrons. The second-order valence-corrected chi connectivity index (χ2v) is 7.55. The van der Waals surface area contributed by atoms with Crippen LogP contribution < -0.4 is 0 Å². The van der Waals surface area contributed by atoms with E-state index in [1.807, 2.05) is 0 Å². The van der Waals surface area contributed by atoms with Crippen molar-refractivity contribution in [2.24, 2.45) is 11.8 Å². The second kappa shape index (κ2) is 6.30. The molecule has 0 heterocycles. The highest BCUT2D eigenvalue weighted by Gasteiger charge is 2.29. The monoisotopic (exact) mass is 274 g/mol. The van der Waals surface area contributed by atoms with Crippen LogP contribution in [0.1, 0.15) is 63.6 Å². The van der Waals surface area contributed by atoms with Crippen LogP contribution in [-0.2, 0) is 19.3 Å². The van der Waals surface area contributed by atoms with Crippen LogP contribution in [0.3, 0.4) is 0 Å². The van der Waals surface area contributed by atoms with Crippen molar-refractivity contribution in [1.29, 1.82) is 0 Å². The van der Waals surface area contributed by atoms with Crippen molar-refractivity contribution in [3.05, 3.63) is 34.9 Å². The lowest BCUT2D eigenvalue weighted by molar-refractivity contribution is 0.000736. The molecule has 1 aliphatic carbocycles. The van der Waals surface area contributed by atoms with Gasteiger partial charge in [-0.2, -0.15) is 0 Å². The molecule has 0 atom stereocenters. The minimum atomic E-state index is -0.546. The Morgan fingerprint density at radius 2 is 1.60 bits per heavy atom. The van der Waals surface area contributed by atoms with Crippen LogP contribution in [0.15, 0.2) is 18.2 Å². The van der Waals surface area contributed by atoms with Gasteiger partial charge in [0.1, 0.15) is 0 Å². The minimum Gasteiger partial charge on any atom is -0.390 e. The normalized spacial score (nSPS) is 15.2. The Hall–Kier alpha value is -0.820. The van der Waals surface area contributed by atoms with E-state index in [1.165, 1.54) is 36.0 Å². The molecule has 0 radical (unpaired) electrons. The van der Waals surface area contributed by atoms with Crippen molar-refractivity contribution in [1.82, 2.24) is 0 Å². The SMILES string of the molecule is CC(C)CC(O)(Cc1ccc2c(c1)CCC2)CC(C)C. The lowest BCUT2D eigenvalue weighted by Crippen LogP contribution is -2.35. The summed E-state index contributed by atoms with van der Waals surface area (Å²) >= 11 is 0. The molecular formula is C19H30O. The average molecular weight is 274 g/mol. The third-order valence-corrected chi connectivity index (χ3v) is 4.27. The predicted molar refractivity (Wildman–Crippen MR) is 86.0 cm³/mol. The summed E-state index contributed by atoms with van der Waals surface area (Å²) in [6.07, 6.45) is 6.33. The summed E-state index contributed by atoms with van der Waals surface area (Å²) in [6, 6.07) is 6.85. The van der Waals surface area contributed by atoms with E-state index in [1.54, 1.807) is 0 Å². The van der Waals surface area contributed by atoms with Crippen LogP contribution in [-0.4, -0.2) is 10.7 Å². The van der Waals surface area contributed by atoms with Crippen molar-refractivity contribution in [3.63, 3.8) is 0 Å². The summed E-state index contributed by atoms with van der Waals surface area (Å²) in [4.78, 5) is 0. The molecular weight excluding hydrogens is 244 g/mol. The molecule has 0 saturated carbocycles. The molecule has 0 spiro atoms. The van der Waals surface area contributed by atoms with E-state index in [0.717, 1.165) is 19.3 Å². The van der Waals surface area contributed by atoms with Crippen LogP contribution in [0.25, 0.3) is 0 Å². The number of hydrogen-bond acceptors (Lipinski definition) is 1. The molecule has 0 saturated heterocycles. The van der Waals surface area contributed by atoms with Crippen LogP contribution in [0.4, 0.5) is 0 Å². The number of hydrogen-bond donors (Lipinski definition) is 1. The fraction of sp³-hybridized carbons (Fsp3) is 0.684. The Bertz CT molecular complexity index is 435. The van der Waals surface area contributed by atoms with Crippen molar-refractivity contribution >= 4 is 0 Å². The maximum absolute atomic E-state index is 11.1. The van der Waals surface area contributed by atoms with E-state index in [0.29, 0.717) is 11.8 Å². The van der Waals surface area contributed by atoms with Crippen LogP contribution in [0.2, 0.25) is 0 Å². The van der Waals surface area contributed by atoms with Crippen LogP contribution >= 0.6 is 0 Å². The highest BCUT2D eigenvalue weighted by atomic mass is 16.3. The summed E-state index contributed by atoms with van der Waals surface area (Å²) in [7, 11) is 0. The first-order chi connectivity index (χ1) is 9.38. The number of aliphatic hydroxyl groups is 1. The third-order valence-electron chi connectivity index (χ3n) is 4.27. The molecule has 1 N–H and O–H groups in total. The Kier molecular flexibility index (Phi) is 4.90. The first kappa shape index (κ1) is 15.6. The van der Waals surface area contributed by atoms with E-state index >= 15 is 0 Å². The molecule has 0 amide bonds. The van der Waals surface area contributed by atoms with E-state index in [-0.39, 0.29) is 0 Å². The minimum absolute atomic E-state index is 0.535. The lowest BCUT2D eigenvalue weighted by atomic mass is 9.80. The van der Waals surface area contributed by atoms with Crippen LogP contribution in [0, 0.1) is 11.8 Å². The standard InChI is InChI=1S/C19H30O/c1-14(2)11-19(20,12-15(3)4)13-16-8-9-17-6-5-7-18(17)10-16/h8-10,14-15,20H,5-7,11-13H2,1-4H3. The van der Waals surface area contributed by atoms with E-state index in [9.17, 15) is 5.11 Å². The second-order valence-electron chi connectivity index (χ2n) is 7.55. The summed E-state index contributed by atoms with van der Waals surface area (Å²) in [5.41, 5.74) is 3.80. The maximum Gasteiger partial charge on any atom is 0.0692 e. The zero-order valence-corrected chi connectivity index (χ0v) is 13.6. The van der Waals surface area contributed by atoms with Gasteiger partial charge in [0.15, 0.2) is 0 Å². The summed E-state index contributed by atoms with van der Waals surface area (Å²) in [5, 5.41) is 11.1. The molecule has 1 aromatic rings. The van der Waals surface area contributed by atoms with Crippen molar-refractivity contribution in [3.8, 4) is 0 Å². The fourth-order valence-corrected chi connectivity index (χ4v) is 3.86. The van der Waals surface area contributed by atoms with Gasteiger partial charge in [0, 0.05) is 6.42 Å². The molecule has 0 bridgehead atoms. The molecule has 1 aliphatic rings. The molecule has 0 fully saturated rings. The van der Waals surface area contributed by atoms with Crippen molar-refractivity contribution in [2.45, 2.75) is 71.8 Å². The number of fused-ring (bicyclic) bond motifs is 1. The van der Waals surface area contributed by atoms with Gasteiger partial charge in [-0.15, -0.1) is 0 Å². The Balaban J connectivity index is 2.14. The predicted octanol–water partition coefficient (Wildman–Crippen LogP) is 4.54. The van der Waals surface area contributed by atoms with E-state index in [4.69, 9.17) is 0 Å². The number of aryl methyl sites for hydroxylation is 2. The smallest absolute Gasteiger partial charge is 0.0692 e. The molecule has 1 nitrogen and oxygen atoms in total. The van der Waals surface area contributed by atoms with Gasteiger partial charge in [-0.3, -0.25) is 0 Å². The maximum atomic E-state index is 11.1. The first-order valence-electron chi connectivity index (χ1n) is 8.21. The topological polar surface area (TPSA) is 20.2 Å². The molecule has 0 aliphatic heterocycles. The van der Waals surface area contributed by atoms with Gasteiger partial charge in [-0.05, 0) is 60.6 Å². The van der Waals surface area contributed by atoms with Gasteiger partial charge in [0.2, 0.25) is 0 Å². The molecule has 1 heteroatoms. The van der Waals surface area contributed by atoms with Gasteiger partial charge in [0.25, 0.3) is 0 Å². The largest absolute Gasteiger partial charge is 0.390 e. The molecule has 20 heavy (non-hydrogen) atoms. The van der Waals surface area contributed by atoms with Gasteiger partial charge in [-0.1, -0.05) is 45.9 Å². The summed E-state index contributed by atoms with van der Waals surface area (Å²) in [6.45, 7) is 8.81. The van der Waals surface area contributed by atoms with Gasteiger partial charge < -0.3 is 5.11 Å². The molecule has 2 rings (SSSR count).